The molecule has 0 bridgehead atoms. The topological polar surface area (TPSA) is 105 Å². The normalized spacial score (nSPS) is 13.9. The summed E-state index contributed by atoms with van der Waals surface area (Å²) in [6.45, 7) is 1.56. The molecule has 0 radical (unpaired) electrons. The van der Waals surface area contributed by atoms with E-state index in [-0.39, 0.29) is 36.2 Å². The molecule has 1 aliphatic heterocycles. The molecule has 1 heterocycles. The Morgan fingerprint density at radius 3 is 1.89 bits per heavy atom. The summed E-state index contributed by atoms with van der Waals surface area (Å²) in [4.78, 5) is 30.0. The highest BCUT2D eigenvalue weighted by molar-refractivity contribution is 7.89. The molecule has 1 unspecified atom stereocenters. The molecule has 1 atom stereocenters. The van der Waals surface area contributed by atoms with Gasteiger partial charge < -0.3 is 19.7 Å². The number of rotatable bonds is 14. The Morgan fingerprint density at radius 2 is 1.32 bits per heavy atom. The third-order valence-corrected chi connectivity index (χ3v) is 10.3. The van der Waals surface area contributed by atoms with Gasteiger partial charge in [-0.3, -0.25) is 9.59 Å². The number of ether oxygens (including phenoxy) is 2. The van der Waals surface area contributed by atoms with E-state index in [0.717, 1.165) is 35.3 Å². The average molecular weight is 656 g/mol. The van der Waals surface area contributed by atoms with E-state index in [1.54, 1.807) is 43.4 Å². The van der Waals surface area contributed by atoms with E-state index >= 15 is 0 Å². The van der Waals surface area contributed by atoms with Crippen molar-refractivity contribution in [2.45, 2.75) is 49.7 Å². The van der Waals surface area contributed by atoms with Crippen LogP contribution in [0.4, 0.5) is 0 Å². The first kappa shape index (κ1) is 33.7. The highest BCUT2D eigenvalue weighted by Crippen LogP contribution is 2.27. The number of amides is 2. The average Bonchev–Trinajstić information content (AvgIpc) is 3.67. The van der Waals surface area contributed by atoms with Crippen molar-refractivity contribution in [2.75, 3.05) is 27.3 Å². The molecule has 0 spiro atoms. The summed E-state index contributed by atoms with van der Waals surface area (Å²) < 4.78 is 38.0. The highest BCUT2D eigenvalue weighted by Gasteiger charge is 2.32. The SMILES string of the molecule is COc1ccc(CNC(=O)C(c2ccccc2)N(Cc2ccc(OC)cc2)C(=O)CCc2ccc(S(=O)(=O)N3CCCC3)cc2)cc1. The Kier molecular flexibility index (Phi) is 11.3. The maximum absolute atomic E-state index is 14.1. The van der Waals surface area contributed by atoms with Gasteiger partial charge in [0.15, 0.2) is 0 Å². The van der Waals surface area contributed by atoms with Gasteiger partial charge in [-0.05, 0) is 77.9 Å². The van der Waals surface area contributed by atoms with E-state index in [1.165, 1.54) is 4.31 Å². The van der Waals surface area contributed by atoms with Gasteiger partial charge in [0.1, 0.15) is 17.5 Å². The molecule has 0 aromatic heterocycles. The van der Waals surface area contributed by atoms with Gasteiger partial charge in [-0.2, -0.15) is 4.31 Å². The van der Waals surface area contributed by atoms with Crippen LogP contribution in [0.25, 0.3) is 0 Å². The molecule has 0 saturated carbocycles. The van der Waals surface area contributed by atoms with Crippen molar-refractivity contribution in [3.8, 4) is 11.5 Å². The molecular weight excluding hydrogens is 614 g/mol. The molecule has 2 amide bonds. The fourth-order valence-corrected chi connectivity index (χ4v) is 7.21. The van der Waals surface area contributed by atoms with E-state index in [4.69, 9.17) is 9.47 Å². The molecule has 1 N–H and O–H groups in total. The van der Waals surface area contributed by atoms with E-state index in [2.05, 4.69) is 5.32 Å². The summed E-state index contributed by atoms with van der Waals surface area (Å²) in [6.07, 6.45) is 2.26. The van der Waals surface area contributed by atoms with E-state index in [9.17, 15) is 18.0 Å². The number of benzene rings is 4. The lowest BCUT2D eigenvalue weighted by Gasteiger charge is -2.32. The third kappa shape index (κ3) is 8.58. The van der Waals surface area contributed by atoms with Crippen LogP contribution in [-0.4, -0.2) is 56.7 Å². The summed E-state index contributed by atoms with van der Waals surface area (Å²) in [7, 11) is -0.325. The molecule has 0 aliphatic carbocycles. The molecule has 1 aliphatic rings. The number of aryl methyl sites for hydroxylation is 1. The maximum Gasteiger partial charge on any atom is 0.247 e. The number of sulfonamides is 1. The van der Waals surface area contributed by atoms with Crippen LogP contribution in [0.15, 0.2) is 108 Å². The van der Waals surface area contributed by atoms with Crippen molar-refractivity contribution in [2.24, 2.45) is 0 Å². The van der Waals surface area contributed by atoms with Crippen LogP contribution in [-0.2, 0) is 39.1 Å². The molecule has 4 aromatic rings. The fourth-order valence-electron chi connectivity index (χ4n) is 5.69. The number of methoxy groups -OCH3 is 2. The lowest BCUT2D eigenvalue weighted by Crippen LogP contribution is -2.43. The van der Waals surface area contributed by atoms with Crippen molar-refractivity contribution in [1.82, 2.24) is 14.5 Å². The lowest BCUT2D eigenvalue weighted by atomic mass is 10.0. The van der Waals surface area contributed by atoms with Gasteiger partial charge in [0.2, 0.25) is 21.8 Å². The Bertz CT molecular complexity index is 1720. The van der Waals surface area contributed by atoms with Crippen LogP contribution < -0.4 is 14.8 Å². The Morgan fingerprint density at radius 1 is 0.766 bits per heavy atom. The molecule has 47 heavy (non-hydrogen) atoms. The van der Waals surface area contributed by atoms with Crippen LogP contribution >= 0.6 is 0 Å². The van der Waals surface area contributed by atoms with E-state index < -0.39 is 16.1 Å². The van der Waals surface area contributed by atoms with Crippen molar-refractivity contribution in [3.05, 3.63) is 125 Å². The zero-order chi connectivity index (χ0) is 33.2. The minimum atomic E-state index is -3.52. The summed E-state index contributed by atoms with van der Waals surface area (Å²) >= 11 is 0. The molecule has 5 rings (SSSR count). The summed E-state index contributed by atoms with van der Waals surface area (Å²) in [5.74, 6) is 0.911. The van der Waals surface area contributed by atoms with Gasteiger partial charge >= 0.3 is 0 Å². The lowest BCUT2D eigenvalue weighted by molar-refractivity contribution is -0.141. The molecule has 1 fully saturated rings. The largest absolute Gasteiger partial charge is 0.497 e. The summed E-state index contributed by atoms with van der Waals surface area (Å²) in [5.41, 5.74) is 3.27. The standard InChI is InChI=1S/C37H41N3O6S/c1-45-32-17-10-29(11-18-32)26-38-37(42)36(31-8-4-3-5-9-31)40(27-30-12-19-33(46-2)20-13-30)35(41)23-16-28-14-21-34(22-15-28)47(43,44)39-24-6-7-25-39/h3-5,8-15,17-22,36H,6-7,16,23-27H2,1-2H3,(H,38,42). The second-order valence-corrected chi connectivity index (χ2v) is 13.4. The van der Waals surface area contributed by atoms with Gasteiger partial charge in [0.05, 0.1) is 19.1 Å². The number of nitrogens with zero attached hydrogens (tertiary/aromatic N) is 2. The molecule has 10 heteroatoms. The maximum atomic E-state index is 14.1. The van der Waals surface area contributed by atoms with E-state index in [1.807, 2.05) is 78.9 Å². The molecule has 4 aromatic carbocycles. The zero-order valence-electron chi connectivity index (χ0n) is 26.8. The predicted octanol–water partition coefficient (Wildman–Crippen LogP) is 5.51. The van der Waals surface area contributed by atoms with Gasteiger partial charge in [0, 0.05) is 32.6 Å². The number of carbonyl (C=O) groups is 2. The van der Waals surface area contributed by atoms with Crippen LogP contribution in [0, 0.1) is 0 Å². The van der Waals surface area contributed by atoms with Crippen LogP contribution in [0.5, 0.6) is 11.5 Å². The monoisotopic (exact) mass is 655 g/mol. The Balaban J connectivity index is 1.37. The quantitative estimate of drug-likeness (QED) is 0.192. The smallest absolute Gasteiger partial charge is 0.247 e. The van der Waals surface area contributed by atoms with Crippen molar-refractivity contribution in [3.63, 3.8) is 0 Å². The fraction of sp³-hybridized carbons (Fsp3) is 0.297. The molecule has 9 nitrogen and oxygen atoms in total. The number of carbonyl (C=O) groups excluding carboxylic acids is 2. The van der Waals surface area contributed by atoms with Crippen LogP contribution in [0.2, 0.25) is 0 Å². The Hall–Kier alpha value is -4.67. The van der Waals surface area contributed by atoms with Crippen LogP contribution in [0.1, 0.15) is 47.6 Å². The predicted molar refractivity (Wildman–Crippen MR) is 180 cm³/mol. The van der Waals surface area contributed by atoms with Crippen molar-refractivity contribution < 1.29 is 27.5 Å². The Labute approximate surface area is 277 Å². The minimum absolute atomic E-state index is 0.128. The number of hydrogen-bond donors (Lipinski definition) is 1. The summed E-state index contributed by atoms with van der Waals surface area (Å²) in [5, 5.41) is 3.04. The van der Waals surface area contributed by atoms with Crippen LogP contribution in [0.3, 0.4) is 0 Å². The second-order valence-electron chi connectivity index (χ2n) is 11.5. The van der Waals surface area contributed by atoms with Gasteiger partial charge in [-0.1, -0.05) is 66.7 Å². The molecule has 1 saturated heterocycles. The first-order valence-electron chi connectivity index (χ1n) is 15.8. The minimum Gasteiger partial charge on any atom is -0.497 e. The first-order valence-corrected chi connectivity index (χ1v) is 17.2. The third-order valence-electron chi connectivity index (χ3n) is 8.39. The van der Waals surface area contributed by atoms with E-state index in [0.29, 0.717) is 30.8 Å². The summed E-state index contributed by atoms with van der Waals surface area (Å²) in [6, 6.07) is 30.0. The first-order chi connectivity index (χ1) is 22.8. The van der Waals surface area contributed by atoms with Gasteiger partial charge in [0.25, 0.3) is 0 Å². The van der Waals surface area contributed by atoms with Gasteiger partial charge in [-0.15, -0.1) is 0 Å². The number of nitrogens with one attached hydrogen (secondary N) is 1. The van der Waals surface area contributed by atoms with Gasteiger partial charge in [-0.25, -0.2) is 8.42 Å². The zero-order valence-corrected chi connectivity index (χ0v) is 27.6. The highest BCUT2D eigenvalue weighted by atomic mass is 32.2. The number of hydrogen-bond acceptors (Lipinski definition) is 6. The van der Waals surface area contributed by atoms with Crippen molar-refractivity contribution >= 4 is 21.8 Å². The second kappa shape index (κ2) is 15.8. The molecule has 246 valence electrons. The molecular formula is C37H41N3O6S. The van der Waals surface area contributed by atoms with Crippen molar-refractivity contribution in [1.29, 1.82) is 0 Å².